The number of hydrogen-bond donors (Lipinski definition) is 0. The fourth-order valence-electron chi connectivity index (χ4n) is 2.09. The maximum atomic E-state index is 11.1. The molecule has 1 heterocycles. The van der Waals surface area contributed by atoms with Crippen molar-refractivity contribution in [3.8, 4) is 0 Å². The fraction of sp³-hybridized carbons (Fsp3) is 0.286. The van der Waals surface area contributed by atoms with Gasteiger partial charge in [0.15, 0.2) is 6.23 Å². The van der Waals surface area contributed by atoms with Crippen LogP contribution in [0.15, 0.2) is 29.8 Å². The molecule has 0 N–H and O–H groups in total. The maximum absolute atomic E-state index is 11.1. The highest BCUT2D eigenvalue weighted by Crippen LogP contribution is 2.39. The van der Waals surface area contributed by atoms with E-state index < -0.39 is 6.23 Å². The van der Waals surface area contributed by atoms with E-state index >= 15 is 0 Å². The quantitative estimate of drug-likeness (QED) is 0.768. The van der Waals surface area contributed by atoms with Gasteiger partial charge in [0.2, 0.25) is 0 Å². The largest absolute Gasteiger partial charge is 0.354 e. The van der Waals surface area contributed by atoms with Crippen LogP contribution in [0.2, 0.25) is 0 Å². The predicted octanol–water partition coefficient (Wildman–Crippen LogP) is 1.40. The minimum absolute atomic E-state index is 0.0876. The van der Waals surface area contributed by atoms with Gasteiger partial charge in [-0.1, -0.05) is 18.2 Å². The first-order valence-corrected chi connectivity index (χ1v) is 5.83. The molecule has 1 aliphatic heterocycles. The van der Waals surface area contributed by atoms with E-state index in [9.17, 15) is 9.59 Å². The van der Waals surface area contributed by atoms with E-state index in [1.165, 1.54) is 12.2 Å². The lowest BCUT2D eigenvalue weighted by molar-refractivity contribution is 0.00695. The Kier molecular flexibility index (Phi) is 3.95. The van der Waals surface area contributed by atoms with Gasteiger partial charge in [-0.15, -0.1) is 0 Å². The van der Waals surface area contributed by atoms with Crippen molar-refractivity contribution in [3.63, 3.8) is 0 Å². The Bertz CT molecular complexity index is 583. The lowest BCUT2D eigenvalue weighted by Crippen LogP contribution is -2.42. The molecular weight excluding hydrogens is 246 g/mol. The first-order valence-electron chi connectivity index (χ1n) is 5.83. The van der Waals surface area contributed by atoms with Crippen LogP contribution in [0.1, 0.15) is 12.5 Å². The minimum Gasteiger partial charge on any atom is -0.354 e. The van der Waals surface area contributed by atoms with Crippen molar-refractivity contribution in [1.29, 1.82) is 0 Å². The Hall–Kier alpha value is -2.16. The Morgan fingerprint density at radius 3 is 2.58 bits per heavy atom. The molecule has 2 rings (SSSR count). The molecule has 0 bridgehead atoms. The molecule has 1 aromatic rings. The van der Waals surface area contributed by atoms with Gasteiger partial charge in [0, 0.05) is 12.7 Å². The summed E-state index contributed by atoms with van der Waals surface area (Å²) in [4.78, 5) is 27.8. The minimum atomic E-state index is -0.802. The van der Waals surface area contributed by atoms with Crippen LogP contribution < -0.4 is 5.06 Å². The van der Waals surface area contributed by atoms with Crippen molar-refractivity contribution in [2.24, 2.45) is 0 Å². The van der Waals surface area contributed by atoms with Gasteiger partial charge < -0.3 is 4.74 Å². The Morgan fingerprint density at radius 1 is 1.26 bits per heavy atom. The number of anilines is 1. The van der Waals surface area contributed by atoms with Gasteiger partial charge in [0.25, 0.3) is 0 Å². The predicted molar refractivity (Wildman–Crippen MR) is 69.7 cm³/mol. The smallest absolute Gasteiger partial charge is 0.191 e. The van der Waals surface area contributed by atoms with Gasteiger partial charge in [-0.05, 0) is 13.0 Å². The van der Waals surface area contributed by atoms with E-state index in [1.54, 1.807) is 30.1 Å². The van der Waals surface area contributed by atoms with Crippen molar-refractivity contribution in [3.05, 3.63) is 35.4 Å². The number of para-hydroxylation sites is 1. The van der Waals surface area contributed by atoms with E-state index in [4.69, 9.17) is 9.57 Å². The highest BCUT2D eigenvalue weighted by Gasteiger charge is 2.36. The summed E-state index contributed by atoms with van der Waals surface area (Å²) in [6, 6.07) is 7.10. The highest BCUT2D eigenvalue weighted by molar-refractivity contribution is 6.06. The normalized spacial score (nSPS) is 17.8. The molecule has 1 atom stereocenters. The Morgan fingerprint density at radius 2 is 2.00 bits per heavy atom. The first-order chi connectivity index (χ1) is 9.28. The Labute approximate surface area is 110 Å². The summed E-state index contributed by atoms with van der Waals surface area (Å²) < 4.78 is 5.25. The fourth-order valence-corrected chi connectivity index (χ4v) is 2.09. The van der Waals surface area contributed by atoms with Crippen LogP contribution in [0.25, 0.3) is 5.57 Å². The maximum Gasteiger partial charge on any atom is 0.191 e. The average Bonchev–Trinajstić information content (AvgIpc) is 2.46. The molecule has 1 unspecified atom stereocenters. The van der Waals surface area contributed by atoms with Crippen molar-refractivity contribution in [1.82, 2.24) is 0 Å². The topological polar surface area (TPSA) is 55.8 Å². The molecule has 5 heteroatoms. The molecule has 98 valence electrons. The zero-order valence-electron chi connectivity index (χ0n) is 10.7. The van der Waals surface area contributed by atoms with Crippen LogP contribution in [0.4, 0.5) is 5.69 Å². The van der Waals surface area contributed by atoms with Gasteiger partial charge in [0.1, 0.15) is 17.5 Å². The molecule has 1 aromatic carbocycles. The third-order valence-electron chi connectivity index (χ3n) is 2.84. The molecule has 0 radical (unpaired) electrons. The second-order valence-electron chi connectivity index (χ2n) is 3.84. The lowest BCUT2D eigenvalue weighted by atomic mass is 9.93. The molecule has 0 aliphatic carbocycles. The molecule has 5 nitrogen and oxygen atoms in total. The van der Waals surface area contributed by atoms with Gasteiger partial charge in [-0.2, -0.15) is 0 Å². The van der Waals surface area contributed by atoms with E-state index in [1.807, 2.05) is 13.0 Å². The standard InChI is InChI=1S/C14H13NO4/c1-3-19-15-13-7-5-4-6-10(13)11(8-16)12(9-17)14(15)18-2/h4-7,14H,3H2,1-2H3. The number of methoxy groups -OCH3 is 1. The molecule has 19 heavy (non-hydrogen) atoms. The third-order valence-corrected chi connectivity index (χ3v) is 2.84. The number of nitrogens with zero attached hydrogens (tertiary/aromatic N) is 1. The van der Waals surface area contributed by atoms with Crippen molar-refractivity contribution >= 4 is 23.1 Å². The van der Waals surface area contributed by atoms with Crippen LogP contribution in [-0.4, -0.2) is 31.8 Å². The number of carbonyl (C=O) groups excluding carboxylic acids is 2. The van der Waals surface area contributed by atoms with Crippen molar-refractivity contribution < 1.29 is 19.2 Å². The molecule has 0 aromatic heterocycles. The van der Waals surface area contributed by atoms with E-state index in [2.05, 4.69) is 0 Å². The van der Waals surface area contributed by atoms with Crippen molar-refractivity contribution in [2.75, 3.05) is 18.8 Å². The molecule has 0 saturated heterocycles. The number of benzene rings is 1. The van der Waals surface area contributed by atoms with Crippen LogP contribution in [0, 0.1) is 0 Å². The molecule has 0 fully saturated rings. The number of hydroxylamine groups is 1. The number of hydrogen-bond acceptors (Lipinski definition) is 5. The second kappa shape index (κ2) is 5.65. The number of fused-ring (bicyclic) bond motifs is 1. The summed E-state index contributed by atoms with van der Waals surface area (Å²) >= 11 is 0. The summed E-state index contributed by atoms with van der Waals surface area (Å²) in [5, 5.41) is 1.47. The highest BCUT2D eigenvalue weighted by atomic mass is 16.7. The average molecular weight is 259 g/mol. The zero-order chi connectivity index (χ0) is 13.8. The summed E-state index contributed by atoms with van der Waals surface area (Å²) in [7, 11) is 1.43. The second-order valence-corrected chi connectivity index (χ2v) is 3.84. The van der Waals surface area contributed by atoms with Gasteiger partial charge in [-0.3, -0.25) is 4.84 Å². The number of rotatable bonds is 3. The first kappa shape index (κ1) is 13.3. The lowest BCUT2D eigenvalue weighted by Gasteiger charge is -2.36. The number of ether oxygens (including phenoxy) is 1. The molecular formula is C14H13NO4. The van der Waals surface area contributed by atoms with E-state index in [-0.39, 0.29) is 11.1 Å². The van der Waals surface area contributed by atoms with Gasteiger partial charge in [-0.25, -0.2) is 14.7 Å². The summed E-state index contributed by atoms with van der Waals surface area (Å²) in [6.45, 7) is 2.23. The summed E-state index contributed by atoms with van der Waals surface area (Å²) in [5.41, 5.74) is 1.49. The summed E-state index contributed by atoms with van der Waals surface area (Å²) in [5.74, 6) is 3.55. The Balaban J connectivity index is 2.69. The molecule has 0 amide bonds. The van der Waals surface area contributed by atoms with E-state index in [0.717, 1.165) is 0 Å². The zero-order valence-corrected chi connectivity index (χ0v) is 10.7. The van der Waals surface area contributed by atoms with Crippen LogP contribution >= 0.6 is 0 Å². The summed E-state index contributed by atoms with van der Waals surface area (Å²) in [6.07, 6.45) is -0.802. The third kappa shape index (κ3) is 2.12. The molecule has 0 saturated carbocycles. The van der Waals surface area contributed by atoms with Crippen LogP contribution in [-0.2, 0) is 19.2 Å². The van der Waals surface area contributed by atoms with Crippen LogP contribution in [0.3, 0.4) is 0 Å². The van der Waals surface area contributed by atoms with Gasteiger partial charge in [0.05, 0.1) is 17.9 Å². The van der Waals surface area contributed by atoms with Crippen molar-refractivity contribution in [2.45, 2.75) is 13.2 Å². The molecule has 1 aliphatic rings. The van der Waals surface area contributed by atoms with Crippen LogP contribution in [0.5, 0.6) is 0 Å². The van der Waals surface area contributed by atoms with E-state index in [0.29, 0.717) is 17.9 Å². The molecule has 0 spiro atoms. The SMILES string of the molecule is CCON1c2ccccc2C(=C=O)C(=C=O)C1OC. The van der Waals surface area contributed by atoms with Gasteiger partial charge >= 0.3 is 0 Å². The monoisotopic (exact) mass is 259 g/mol.